The van der Waals surface area contributed by atoms with Crippen molar-refractivity contribution in [3.05, 3.63) is 46.4 Å². The first kappa shape index (κ1) is 14.5. The molecule has 7 heteroatoms. The Morgan fingerprint density at radius 3 is 2.75 bits per heavy atom. The van der Waals surface area contributed by atoms with E-state index < -0.39 is 0 Å². The number of nitrogens with two attached hydrogens (primary N) is 1. The Kier molecular flexibility index (Phi) is 5.10. The molecule has 20 heavy (non-hydrogen) atoms. The Morgan fingerprint density at radius 1 is 1.35 bits per heavy atom. The number of aromatic nitrogens is 2. The van der Waals surface area contributed by atoms with Crippen molar-refractivity contribution in [1.29, 1.82) is 0 Å². The highest BCUT2D eigenvalue weighted by Gasteiger charge is 2.14. The van der Waals surface area contributed by atoms with Gasteiger partial charge in [-0.15, -0.1) is 0 Å². The Hall–Kier alpha value is -1.90. The minimum absolute atomic E-state index is 0.190. The first-order chi connectivity index (χ1) is 9.72. The number of benzene rings is 1. The molecule has 2 aromatic rings. The van der Waals surface area contributed by atoms with E-state index in [9.17, 15) is 0 Å². The zero-order chi connectivity index (χ0) is 14.4. The monoisotopic (exact) mass is 383 g/mol. The zero-order valence-electron chi connectivity index (χ0n) is 10.6. The van der Waals surface area contributed by atoms with Crippen LogP contribution in [0.2, 0.25) is 0 Å². The molecule has 0 aliphatic carbocycles. The molecule has 0 saturated carbocycles. The van der Waals surface area contributed by atoms with E-state index in [1.54, 1.807) is 6.20 Å². The second kappa shape index (κ2) is 7.04. The molecule has 0 aliphatic rings. The molecule has 104 valence electrons. The number of para-hydroxylation sites is 1. The van der Waals surface area contributed by atoms with E-state index >= 15 is 0 Å². The third kappa shape index (κ3) is 3.56. The number of nitrogens with zero attached hydrogens (tertiary/aromatic N) is 4. The predicted octanol–water partition coefficient (Wildman–Crippen LogP) is 2.36. The Bertz CT molecular complexity index is 590. The van der Waals surface area contributed by atoms with Crippen LogP contribution in [0.5, 0.6) is 0 Å². The van der Waals surface area contributed by atoms with Gasteiger partial charge in [-0.3, -0.25) is 0 Å². The number of anilines is 2. The molecule has 6 nitrogen and oxygen atoms in total. The lowest BCUT2D eigenvalue weighted by molar-refractivity contribution is 0.317. The summed E-state index contributed by atoms with van der Waals surface area (Å²) in [5.74, 6) is 0.993. The standard InChI is InChI=1S/C13H14IN5O/c14-11-8-16-9-17-13(11)19(7-6-12(15)18-20)10-4-2-1-3-5-10/h1-5,8-9,20H,6-7H2,(H2,15,18). The summed E-state index contributed by atoms with van der Waals surface area (Å²) in [6.45, 7) is 0.562. The summed E-state index contributed by atoms with van der Waals surface area (Å²) in [5, 5.41) is 11.7. The molecule has 0 aliphatic heterocycles. The van der Waals surface area contributed by atoms with Crippen LogP contribution in [0.25, 0.3) is 0 Å². The van der Waals surface area contributed by atoms with Crippen LogP contribution in [0.3, 0.4) is 0 Å². The molecule has 1 aromatic heterocycles. The van der Waals surface area contributed by atoms with Crippen molar-refractivity contribution in [2.75, 3.05) is 11.4 Å². The molecular formula is C13H14IN5O. The molecule has 0 saturated heterocycles. The normalized spacial score (nSPS) is 11.3. The van der Waals surface area contributed by atoms with Crippen LogP contribution in [-0.2, 0) is 0 Å². The summed E-state index contributed by atoms with van der Waals surface area (Å²) < 4.78 is 0.938. The largest absolute Gasteiger partial charge is 0.409 e. The first-order valence-electron chi connectivity index (χ1n) is 5.97. The quantitative estimate of drug-likeness (QED) is 0.272. The van der Waals surface area contributed by atoms with E-state index in [1.165, 1.54) is 6.33 Å². The molecule has 0 spiro atoms. The Balaban J connectivity index is 2.32. The molecule has 2 rings (SSSR count). The van der Waals surface area contributed by atoms with Crippen molar-refractivity contribution in [3.8, 4) is 0 Å². The summed E-state index contributed by atoms with van der Waals surface area (Å²) in [4.78, 5) is 10.3. The number of halogens is 1. The lowest BCUT2D eigenvalue weighted by Gasteiger charge is -2.24. The van der Waals surface area contributed by atoms with Crippen LogP contribution in [0.4, 0.5) is 11.5 Å². The fourth-order valence-corrected chi connectivity index (χ4v) is 2.34. The van der Waals surface area contributed by atoms with Gasteiger partial charge >= 0.3 is 0 Å². The summed E-state index contributed by atoms with van der Waals surface area (Å²) in [7, 11) is 0. The third-order valence-electron chi connectivity index (χ3n) is 2.69. The molecule has 0 fully saturated rings. The molecular weight excluding hydrogens is 369 g/mol. The van der Waals surface area contributed by atoms with E-state index in [0.717, 1.165) is 15.1 Å². The van der Waals surface area contributed by atoms with Crippen LogP contribution in [0, 0.1) is 3.57 Å². The van der Waals surface area contributed by atoms with Gasteiger partial charge in [0.2, 0.25) is 0 Å². The van der Waals surface area contributed by atoms with Gasteiger partial charge in [0.1, 0.15) is 18.0 Å². The Morgan fingerprint density at radius 2 is 2.10 bits per heavy atom. The van der Waals surface area contributed by atoms with E-state index in [1.807, 2.05) is 35.2 Å². The fraction of sp³-hybridized carbons (Fsp3) is 0.154. The van der Waals surface area contributed by atoms with Crippen LogP contribution in [-0.4, -0.2) is 27.6 Å². The van der Waals surface area contributed by atoms with E-state index in [4.69, 9.17) is 10.9 Å². The second-order valence-electron chi connectivity index (χ2n) is 4.02. The molecule has 3 N–H and O–H groups in total. The van der Waals surface area contributed by atoms with Crippen molar-refractivity contribution in [2.24, 2.45) is 10.9 Å². The maximum atomic E-state index is 8.66. The minimum atomic E-state index is 0.190. The van der Waals surface area contributed by atoms with E-state index in [2.05, 4.69) is 37.7 Å². The van der Waals surface area contributed by atoms with Gasteiger partial charge in [0.05, 0.1) is 3.57 Å². The molecule has 0 radical (unpaired) electrons. The first-order valence-corrected chi connectivity index (χ1v) is 7.04. The van der Waals surface area contributed by atoms with E-state index in [-0.39, 0.29) is 5.84 Å². The van der Waals surface area contributed by atoms with Gasteiger partial charge < -0.3 is 15.8 Å². The number of amidine groups is 1. The molecule has 1 heterocycles. The molecule has 0 atom stereocenters. The van der Waals surface area contributed by atoms with Crippen molar-refractivity contribution in [1.82, 2.24) is 9.97 Å². The van der Waals surface area contributed by atoms with E-state index in [0.29, 0.717) is 13.0 Å². The van der Waals surface area contributed by atoms with Gasteiger partial charge in [0.25, 0.3) is 0 Å². The lowest BCUT2D eigenvalue weighted by atomic mass is 10.2. The SMILES string of the molecule is NC(CCN(c1ccccc1)c1ncncc1I)=NO. The summed E-state index contributed by atoms with van der Waals surface area (Å²) in [6, 6.07) is 9.85. The average molecular weight is 383 g/mol. The van der Waals surface area contributed by atoms with Gasteiger partial charge in [-0.25, -0.2) is 9.97 Å². The highest BCUT2D eigenvalue weighted by molar-refractivity contribution is 14.1. The zero-order valence-corrected chi connectivity index (χ0v) is 12.8. The van der Waals surface area contributed by atoms with Crippen LogP contribution in [0.1, 0.15) is 6.42 Å². The second-order valence-corrected chi connectivity index (χ2v) is 5.18. The molecule has 1 aromatic carbocycles. The van der Waals surface area contributed by atoms with Crippen LogP contribution >= 0.6 is 22.6 Å². The minimum Gasteiger partial charge on any atom is -0.409 e. The number of hydrogen-bond acceptors (Lipinski definition) is 5. The molecule has 0 unspecified atom stereocenters. The van der Waals surface area contributed by atoms with Gasteiger partial charge in [0, 0.05) is 24.8 Å². The lowest BCUT2D eigenvalue weighted by Crippen LogP contribution is -2.25. The van der Waals surface area contributed by atoms with Crippen molar-refractivity contribution >= 4 is 39.9 Å². The van der Waals surface area contributed by atoms with Crippen LogP contribution in [0.15, 0.2) is 48.0 Å². The maximum absolute atomic E-state index is 8.66. The van der Waals surface area contributed by atoms with Crippen LogP contribution < -0.4 is 10.6 Å². The highest BCUT2D eigenvalue weighted by Crippen LogP contribution is 2.26. The number of hydrogen-bond donors (Lipinski definition) is 2. The van der Waals surface area contributed by atoms with Gasteiger partial charge in [0.15, 0.2) is 0 Å². The summed E-state index contributed by atoms with van der Waals surface area (Å²) in [5.41, 5.74) is 6.55. The average Bonchev–Trinajstić information content (AvgIpc) is 2.50. The smallest absolute Gasteiger partial charge is 0.149 e. The summed E-state index contributed by atoms with van der Waals surface area (Å²) in [6.07, 6.45) is 3.70. The van der Waals surface area contributed by atoms with Gasteiger partial charge in [-0.1, -0.05) is 23.4 Å². The summed E-state index contributed by atoms with van der Waals surface area (Å²) >= 11 is 2.19. The topological polar surface area (TPSA) is 87.6 Å². The van der Waals surface area contributed by atoms with Crippen molar-refractivity contribution in [2.45, 2.75) is 6.42 Å². The van der Waals surface area contributed by atoms with Crippen molar-refractivity contribution in [3.63, 3.8) is 0 Å². The number of oxime groups is 1. The van der Waals surface area contributed by atoms with Gasteiger partial charge in [-0.2, -0.15) is 0 Å². The Labute approximate surface area is 130 Å². The highest BCUT2D eigenvalue weighted by atomic mass is 127. The molecule has 0 bridgehead atoms. The fourth-order valence-electron chi connectivity index (χ4n) is 1.75. The maximum Gasteiger partial charge on any atom is 0.149 e. The van der Waals surface area contributed by atoms with Crippen molar-refractivity contribution < 1.29 is 5.21 Å². The van der Waals surface area contributed by atoms with Gasteiger partial charge in [-0.05, 0) is 34.7 Å². The number of rotatable bonds is 5. The predicted molar refractivity (Wildman–Crippen MR) is 86.2 cm³/mol. The third-order valence-corrected chi connectivity index (χ3v) is 3.45. The molecule has 0 amide bonds.